The van der Waals surface area contributed by atoms with Crippen LogP contribution in [-0.2, 0) is 6.61 Å². The standard InChI is InChI=1S/C18H17Cl2NOS/c19-16-4-3-5-17(20)15(16)12-22-14-8-6-13(7-9-14)18(23)21-10-1-2-11-21/h3-9H,1-2,10-12H2. The van der Waals surface area contributed by atoms with Crippen molar-refractivity contribution in [2.75, 3.05) is 13.1 Å². The van der Waals surface area contributed by atoms with Crippen LogP contribution in [0.3, 0.4) is 0 Å². The van der Waals surface area contributed by atoms with Crippen LogP contribution in [0.4, 0.5) is 0 Å². The third-order valence-electron chi connectivity index (χ3n) is 3.94. The molecular formula is C18H17Cl2NOS. The molecule has 1 aliphatic heterocycles. The zero-order valence-electron chi connectivity index (χ0n) is 12.6. The fourth-order valence-electron chi connectivity index (χ4n) is 2.62. The summed E-state index contributed by atoms with van der Waals surface area (Å²) in [4.78, 5) is 3.18. The van der Waals surface area contributed by atoms with Gasteiger partial charge < -0.3 is 9.64 Å². The molecule has 2 nitrogen and oxygen atoms in total. The van der Waals surface area contributed by atoms with Crippen LogP contribution in [-0.4, -0.2) is 23.0 Å². The van der Waals surface area contributed by atoms with Gasteiger partial charge in [-0.1, -0.05) is 41.5 Å². The lowest BCUT2D eigenvalue weighted by Gasteiger charge is -2.18. The van der Waals surface area contributed by atoms with Crippen molar-refractivity contribution < 1.29 is 4.74 Å². The summed E-state index contributed by atoms with van der Waals surface area (Å²) < 4.78 is 5.79. The van der Waals surface area contributed by atoms with Crippen molar-refractivity contribution in [3.63, 3.8) is 0 Å². The Morgan fingerprint density at radius 3 is 2.22 bits per heavy atom. The van der Waals surface area contributed by atoms with Gasteiger partial charge in [0.1, 0.15) is 17.3 Å². The SMILES string of the molecule is S=C(c1ccc(OCc2c(Cl)cccc2Cl)cc1)N1CCCC1. The zero-order chi connectivity index (χ0) is 16.2. The van der Waals surface area contributed by atoms with Crippen molar-refractivity contribution in [3.05, 3.63) is 63.6 Å². The molecule has 1 saturated heterocycles. The topological polar surface area (TPSA) is 12.5 Å². The molecule has 0 spiro atoms. The lowest BCUT2D eigenvalue weighted by atomic mass is 10.2. The maximum absolute atomic E-state index is 6.15. The van der Waals surface area contributed by atoms with Crippen molar-refractivity contribution in [2.45, 2.75) is 19.4 Å². The Morgan fingerprint density at radius 2 is 1.61 bits per heavy atom. The van der Waals surface area contributed by atoms with E-state index in [0.717, 1.165) is 35.0 Å². The number of benzene rings is 2. The molecule has 1 aliphatic rings. The first-order chi connectivity index (χ1) is 11.1. The molecule has 0 aliphatic carbocycles. The summed E-state index contributed by atoms with van der Waals surface area (Å²) in [5.41, 5.74) is 1.86. The van der Waals surface area contributed by atoms with Crippen molar-refractivity contribution in [1.82, 2.24) is 4.90 Å². The van der Waals surface area contributed by atoms with Crippen LogP contribution in [0.5, 0.6) is 5.75 Å². The molecule has 0 saturated carbocycles. The van der Waals surface area contributed by atoms with Crippen molar-refractivity contribution in [1.29, 1.82) is 0 Å². The van der Waals surface area contributed by atoms with Gasteiger partial charge in [0.05, 0.1) is 0 Å². The molecular weight excluding hydrogens is 349 g/mol. The molecule has 0 amide bonds. The Kier molecular flexibility index (Phi) is 5.42. The van der Waals surface area contributed by atoms with E-state index in [-0.39, 0.29) is 0 Å². The normalized spacial score (nSPS) is 14.1. The van der Waals surface area contributed by atoms with E-state index >= 15 is 0 Å². The molecule has 1 heterocycles. The highest BCUT2D eigenvalue weighted by Gasteiger charge is 2.16. The minimum absolute atomic E-state index is 0.342. The number of halogens is 2. The molecule has 23 heavy (non-hydrogen) atoms. The first kappa shape index (κ1) is 16.6. The molecule has 0 aromatic heterocycles. The highest BCUT2D eigenvalue weighted by molar-refractivity contribution is 7.80. The summed E-state index contributed by atoms with van der Waals surface area (Å²) in [6.45, 7) is 2.46. The van der Waals surface area contributed by atoms with E-state index in [2.05, 4.69) is 4.90 Å². The molecule has 1 fully saturated rings. The van der Waals surface area contributed by atoms with Gasteiger partial charge in [0.25, 0.3) is 0 Å². The van der Waals surface area contributed by atoms with Crippen LogP contribution in [0.2, 0.25) is 10.0 Å². The molecule has 3 rings (SSSR count). The van der Waals surface area contributed by atoms with Crippen molar-refractivity contribution in [3.8, 4) is 5.75 Å². The first-order valence-electron chi connectivity index (χ1n) is 7.60. The Balaban J connectivity index is 1.64. The van der Waals surface area contributed by atoms with Crippen molar-refractivity contribution in [2.24, 2.45) is 0 Å². The maximum atomic E-state index is 6.15. The smallest absolute Gasteiger partial charge is 0.119 e. The van der Waals surface area contributed by atoms with Gasteiger partial charge in [-0.2, -0.15) is 0 Å². The summed E-state index contributed by atoms with van der Waals surface area (Å²) >= 11 is 17.8. The van der Waals surface area contributed by atoms with Gasteiger partial charge in [-0.25, -0.2) is 0 Å². The number of nitrogens with zero attached hydrogens (tertiary/aromatic N) is 1. The number of hydrogen-bond acceptors (Lipinski definition) is 2. The second kappa shape index (κ2) is 7.52. The summed E-state index contributed by atoms with van der Waals surface area (Å²) in [5.74, 6) is 0.772. The van der Waals surface area contributed by atoms with Gasteiger partial charge in [-0.15, -0.1) is 0 Å². The minimum atomic E-state index is 0.342. The third-order valence-corrected chi connectivity index (χ3v) is 5.14. The quantitative estimate of drug-likeness (QED) is 0.678. The largest absolute Gasteiger partial charge is 0.489 e. The predicted octanol–water partition coefficient (Wildman–Crippen LogP) is 5.34. The Labute approximate surface area is 152 Å². The van der Waals surface area contributed by atoms with E-state index in [9.17, 15) is 0 Å². The molecule has 0 N–H and O–H groups in total. The molecule has 120 valence electrons. The lowest BCUT2D eigenvalue weighted by molar-refractivity contribution is 0.306. The van der Waals surface area contributed by atoms with Crippen LogP contribution in [0, 0.1) is 0 Å². The van der Waals surface area contributed by atoms with E-state index in [1.807, 2.05) is 42.5 Å². The summed E-state index contributed by atoms with van der Waals surface area (Å²) in [5, 5.41) is 1.23. The zero-order valence-corrected chi connectivity index (χ0v) is 14.9. The van der Waals surface area contributed by atoms with Gasteiger partial charge in [0, 0.05) is 34.3 Å². The van der Waals surface area contributed by atoms with E-state index < -0.39 is 0 Å². The van der Waals surface area contributed by atoms with Crippen LogP contribution < -0.4 is 4.74 Å². The number of hydrogen-bond donors (Lipinski definition) is 0. The fraction of sp³-hybridized carbons (Fsp3) is 0.278. The highest BCUT2D eigenvalue weighted by atomic mass is 35.5. The van der Waals surface area contributed by atoms with Crippen LogP contribution in [0.1, 0.15) is 24.0 Å². The molecule has 0 atom stereocenters. The molecule has 2 aromatic rings. The van der Waals surface area contributed by atoms with Crippen LogP contribution in [0.25, 0.3) is 0 Å². The second-order valence-electron chi connectivity index (χ2n) is 5.51. The van der Waals surface area contributed by atoms with Gasteiger partial charge in [0.2, 0.25) is 0 Å². The second-order valence-corrected chi connectivity index (χ2v) is 6.71. The minimum Gasteiger partial charge on any atom is -0.489 e. The number of rotatable bonds is 4. The average Bonchev–Trinajstić information content (AvgIpc) is 3.09. The average molecular weight is 366 g/mol. The van der Waals surface area contributed by atoms with Gasteiger partial charge >= 0.3 is 0 Å². The van der Waals surface area contributed by atoms with E-state index in [1.54, 1.807) is 0 Å². The predicted molar refractivity (Wildman–Crippen MR) is 99.7 cm³/mol. The number of ether oxygens (including phenoxy) is 1. The molecule has 2 aromatic carbocycles. The summed E-state index contributed by atoms with van der Waals surface area (Å²) in [6.07, 6.45) is 2.44. The van der Waals surface area contributed by atoms with Crippen molar-refractivity contribution >= 4 is 40.4 Å². The van der Waals surface area contributed by atoms with Gasteiger partial charge in [0.15, 0.2) is 0 Å². The molecule has 5 heteroatoms. The molecule has 0 radical (unpaired) electrons. The number of thiocarbonyl (C=S) groups is 1. The Hall–Kier alpha value is -1.29. The summed E-state index contributed by atoms with van der Waals surface area (Å²) in [6, 6.07) is 13.3. The summed E-state index contributed by atoms with van der Waals surface area (Å²) in [7, 11) is 0. The third kappa shape index (κ3) is 3.97. The number of likely N-dealkylation sites (tertiary alicyclic amines) is 1. The fourth-order valence-corrected chi connectivity index (χ4v) is 3.45. The van der Waals surface area contributed by atoms with E-state index in [1.165, 1.54) is 12.8 Å². The Morgan fingerprint density at radius 1 is 1.00 bits per heavy atom. The maximum Gasteiger partial charge on any atom is 0.119 e. The monoisotopic (exact) mass is 365 g/mol. The van der Waals surface area contributed by atoms with E-state index in [4.69, 9.17) is 40.2 Å². The molecule has 0 bridgehead atoms. The highest BCUT2D eigenvalue weighted by Crippen LogP contribution is 2.26. The lowest BCUT2D eigenvalue weighted by Crippen LogP contribution is -2.26. The molecule has 0 unspecified atom stereocenters. The van der Waals surface area contributed by atoms with Crippen LogP contribution in [0.15, 0.2) is 42.5 Å². The van der Waals surface area contributed by atoms with Gasteiger partial charge in [-0.05, 0) is 49.2 Å². The van der Waals surface area contributed by atoms with E-state index in [0.29, 0.717) is 16.7 Å². The Bertz CT molecular complexity index is 676. The first-order valence-corrected chi connectivity index (χ1v) is 8.76. The van der Waals surface area contributed by atoms with Crippen LogP contribution >= 0.6 is 35.4 Å². The van der Waals surface area contributed by atoms with Gasteiger partial charge in [-0.3, -0.25) is 0 Å².